The second-order valence-corrected chi connectivity index (χ2v) is 10.7. The van der Waals surface area contributed by atoms with Crippen LogP contribution in [0.3, 0.4) is 0 Å². The van der Waals surface area contributed by atoms with Gasteiger partial charge in [0.2, 0.25) is 10.0 Å². The summed E-state index contributed by atoms with van der Waals surface area (Å²) in [6.45, 7) is 0. The summed E-state index contributed by atoms with van der Waals surface area (Å²) >= 11 is 18.7. The first-order valence-electron chi connectivity index (χ1n) is 10.5. The zero-order valence-electron chi connectivity index (χ0n) is 18.8. The van der Waals surface area contributed by atoms with E-state index in [-0.39, 0.29) is 21.7 Å². The lowest BCUT2D eigenvalue weighted by Crippen LogP contribution is -2.34. The van der Waals surface area contributed by atoms with E-state index < -0.39 is 16.1 Å². The van der Waals surface area contributed by atoms with E-state index in [1.54, 1.807) is 31.4 Å². The number of rotatable bonds is 8. The summed E-state index contributed by atoms with van der Waals surface area (Å²) in [5.74, 6) is 0.896. The van der Waals surface area contributed by atoms with Crippen LogP contribution in [0, 0.1) is 0 Å². The topological polar surface area (TPSA) is 89.0 Å². The van der Waals surface area contributed by atoms with Crippen LogP contribution in [0.1, 0.15) is 29.6 Å². The average molecular weight is 555 g/mol. The van der Waals surface area contributed by atoms with E-state index in [9.17, 15) is 8.42 Å². The Morgan fingerprint density at radius 3 is 2.31 bits per heavy atom. The monoisotopic (exact) mass is 553 g/mol. The molecule has 0 spiro atoms. The molecule has 1 aliphatic rings. The molecule has 0 fully saturated rings. The summed E-state index contributed by atoms with van der Waals surface area (Å²) in [7, 11) is -1.11. The molecule has 2 atom stereocenters. The zero-order chi connectivity index (χ0) is 25.2. The highest BCUT2D eigenvalue weighted by Crippen LogP contribution is 2.35. The van der Waals surface area contributed by atoms with Crippen molar-refractivity contribution in [3.63, 3.8) is 0 Å². The SMILES string of the molecule is COc1ccc(C2CC(C(NS(=O)(=O)c3cc(Cl)ccc3OC)c3ccc(Cl)cc3Cl)=NN2)cc1. The van der Waals surface area contributed by atoms with Crippen molar-refractivity contribution in [1.29, 1.82) is 0 Å². The molecule has 11 heteroatoms. The van der Waals surface area contributed by atoms with E-state index in [4.69, 9.17) is 44.3 Å². The molecular formula is C24H22Cl3N3O4S. The Kier molecular flexibility index (Phi) is 7.78. The quantitative estimate of drug-likeness (QED) is 0.369. The number of ether oxygens (including phenoxy) is 2. The van der Waals surface area contributed by atoms with Crippen molar-refractivity contribution in [1.82, 2.24) is 10.1 Å². The molecule has 2 N–H and O–H groups in total. The van der Waals surface area contributed by atoms with Crippen molar-refractivity contribution >= 4 is 50.5 Å². The van der Waals surface area contributed by atoms with Crippen molar-refractivity contribution in [2.45, 2.75) is 23.4 Å². The first-order valence-corrected chi connectivity index (χ1v) is 13.1. The Balaban J connectivity index is 1.69. The molecule has 2 unspecified atom stereocenters. The van der Waals surface area contributed by atoms with Gasteiger partial charge >= 0.3 is 0 Å². The zero-order valence-corrected chi connectivity index (χ0v) is 21.8. The summed E-state index contributed by atoms with van der Waals surface area (Å²) in [4.78, 5) is -0.0964. The Labute approximate surface area is 219 Å². The van der Waals surface area contributed by atoms with E-state index in [0.717, 1.165) is 11.3 Å². The molecule has 1 heterocycles. The fourth-order valence-corrected chi connectivity index (χ4v) is 5.95. The van der Waals surface area contributed by atoms with Gasteiger partial charge in [-0.15, -0.1) is 0 Å². The summed E-state index contributed by atoms with van der Waals surface area (Å²) < 4.78 is 40.2. The number of benzene rings is 3. The smallest absolute Gasteiger partial charge is 0.245 e. The lowest BCUT2D eigenvalue weighted by Gasteiger charge is -2.21. The maximum Gasteiger partial charge on any atom is 0.245 e. The van der Waals surface area contributed by atoms with E-state index in [1.807, 2.05) is 24.3 Å². The van der Waals surface area contributed by atoms with Crippen molar-refractivity contribution in [3.05, 3.63) is 86.9 Å². The molecular weight excluding hydrogens is 533 g/mol. The third-order valence-corrected chi connectivity index (χ3v) is 7.83. The van der Waals surface area contributed by atoms with Crippen molar-refractivity contribution in [2.24, 2.45) is 5.10 Å². The standard InChI is InChI=1S/C24H22Cl3N3O4S/c1-33-17-7-3-14(4-8-17)20-13-21(29-28-20)24(18-9-5-15(25)11-19(18)27)30-35(31,32)23-12-16(26)6-10-22(23)34-2/h3-12,20,24,28,30H,13H2,1-2H3. The number of hydrogen-bond donors (Lipinski definition) is 2. The lowest BCUT2D eigenvalue weighted by molar-refractivity contribution is 0.402. The van der Waals surface area contributed by atoms with Gasteiger partial charge < -0.3 is 14.9 Å². The first kappa shape index (κ1) is 25.6. The lowest BCUT2D eigenvalue weighted by atomic mass is 9.96. The number of sulfonamides is 1. The van der Waals surface area contributed by atoms with Gasteiger partial charge in [-0.1, -0.05) is 53.0 Å². The van der Waals surface area contributed by atoms with Crippen LogP contribution in [-0.2, 0) is 10.0 Å². The van der Waals surface area contributed by atoms with Gasteiger partial charge in [0, 0.05) is 21.5 Å². The molecule has 35 heavy (non-hydrogen) atoms. The van der Waals surface area contributed by atoms with Gasteiger partial charge in [-0.05, 0) is 53.6 Å². The molecule has 0 aromatic heterocycles. The van der Waals surface area contributed by atoms with Crippen LogP contribution in [0.5, 0.6) is 11.5 Å². The summed E-state index contributed by atoms with van der Waals surface area (Å²) in [6, 6.07) is 15.8. The Bertz CT molecular complexity index is 1360. The minimum atomic E-state index is -4.10. The Hall–Kier alpha value is -2.49. The highest BCUT2D eigenvalue weighted by molar-refractivity contribution is 7.89. The molecule has 0 saturated heterocycles. The molecule has 3 aromatic rings. The first-order chi connectivity index (χ1) is 16.7. The van der Waals surface area contributed by atoms with E-state index in [2.05, 4.69) is 15.2 Å². The van der Waals surface area contributed by atoms with Gasteiger partial charge in [-0.25, -0.2) is 8.42 Å². The normalized spacial score (nSPS) is 16.4. The summed E-state index contributed by atoms with van der Waals surface area (Å²) in [5.41, 5.74) is 5.14. The summed E-state index contributed by atoms with van der Waals surface area (Å²) in [5, 5.41) is 5.46. The van der Waals surface area contributed by atoms with Crippen molar-refractivity contribution in [3.8, 4) is 11.5 Å². The van der Waals surface area contributed by atoms with Gasteiger partial charge in [0.25, 0.3) is 0 Å². The van der Waals surface area contributed by atoms with E-state index in [0.29, 0.717) is 27.7 Å². The van der Waals surface area contributed by atoms with Gasteiger partial charge in [0.15, 0.2) is 0 Å². The Morgan fingerprint density at radius 2 is 1.66 bits per heavy atom. The van der Waals surface area contributed by atoms with Crippen molar-refractivity contribution in [2.75, 3.05) is 14.2 Å². The highest BCUT2D eigenvalue weighted by Gasteiger charge is 2.33. The molecule has 4 rings (SSSR count). The predicted molar refractivity (Wildman–Crippen MR) is 138 cm³/mol. The minimum Gasteiger partial charge on any atom is -0.497 e. The second-order valence-electron chi connectivity index (χ2n) is 7.78. The largest absolute Gasteiger partial charge is 0.497 e. The number of nitrogens with zero attached hydrogens (tertiary/aromatic N) is 1. The third kappa shape index (κ3) is 5.68. The molecule has 184 valence electrons. The molecule has 0 saturated carbocycles. The average Bonchev–Trinajstić information content (AvgIpc) is 3.33. The van der Waals surface area contributed by atoms with Crippen LogP contribution in [-0.4, -0.2) is 28.3 Å². The number of methoxy groups -OCH3 is 2. The van der Waals surface area contributed by atoms with Gasteiger partial charge in [0.05, 0.1) is 32.0 Å². The predicted octanol–water partition coefficient (Wildman–Crippen LogP) is 5.77. The van der Waals surface area contributed by atoms with Gasteiger partial charge in [-0.2, -0.15) is 9.82 Å². The van der Waals surface area contributed by atoms with Crippen LogP contribution in [0.4, 0.5) is 0 Å². The molecule has 0 bridgehead atoms. The molecule has 0 amide bonds. The minimum absolute atomic E-state index is 0.0964. The number of halogens is 3. The summed E-state index contributed by atoms with van der Waals surface area (Å²) in [6.07, 6.45) is 0.436. The van der Waals surface area contributed by atoms with Crippen LogP contribution < -0.4 is 19.6 Å². The molecule has 0 aliphatic carbocycles. The van der Waals surface area contributed by atoms with Crippen LogP contribution in [0.2, 0.25) is 15.1 Å². The molecule has 3 aromatic carbocycles. The fraction of sp³-hybridized carbons (Fsp3) is 0.208. The molecule has 7 nitrogen and oxygen atoms in total. The molecule has 1 aliphatic heterocycles. The van der Waals surface area contributed by atoms with Crippen LogP contribution in [0.15, 0.2) is 70.7 Å². The van der Waals surface area contributed by atoms with Crippen LogP contribution >= 0.6 is 34.8 Å². The number of hydrogen-bond acceptors (Lipinski definition) is 6. The Morgan fingerprint density at radius 1 is 0.971 bits per heavy atom. The van der Waals surface area contributed by atoms with Gasteiger partial charge in [0.1, 0.15) is 16.4 Å². The fourth-order valence-electron chi connectivity index (χ4n) is 3.80. The van der Waals surface area contributed by atoms with E-state index >= 15 is 0 Å². The van der Waals surface area contributed by atoms with E-state index in [1.165, 1.54) is 19.2 Å². The number of nitrogens with one attached hydrogen (secondary N) is 2. The molecule has 0 radical (unpaired) electrons. The third-order valence-electron chi connectivity index (χ3n) is 5.59. The second kappa shape index (κ2) is 10.6. The number of hydrazone groups is 1. The maximum absolute atomic E-state index is 13.5. The van der Waals surface area contributed by atoms with Gasteiger partial charge in [-0.3, -0.25) is 0 Å². The maximum atomic E-state index is 13.5. The highest BCUT2D eigenvalue weighted by atomic mass is 35.5. The van der Waals surface area contributed by atoms with Crippen molar-refractivity contribution < 1.29 is 17.9 Å². The van der Waals surface area contributed by atoms with Crippen LogP contribution in [0.25, 0.3) is 0 Å².